The Bertz CT molecular complexity index is 348. The van der Waals surface area contributed by atoms with Gasteiger partial charge in [-0.2, -0.15) is 0 Å². The highest BCUT2D eigenvalue weighted by atomic mass is 32.2. The molecule has 13 heavy (non-hydrogen) atoms. The van der Waals surface area contributed by atoms with Crippen molar-refractivity contribution in [3.8, 4) is 5.75 Å². The summed E-state index contributed by atoms with van der Waals surface area (Å²) in [6.45, 7) is 0. The van der Waals surface area contributed by atoms with Crippen molar-refractivity contribution in [2.24, 2.45) is 0 Å². The summed E-state index contributed by atoms with van der Waals surface area (Å²) in [6, 6.07) is 4.32. The van der Waals surface area contributed by atoms with Crippen molar-refractivity contribution < 1.29 is 18.3 Å². The van der Waals surface area contributed by atoms with Crippen molar-refractivity contribution in [1.29, 1.82) is 0 Å². The second kappa shape index (κ2) is 4.15. The highest BCUT2D eigenvalue weighted by Gasteiger charge is 2.08. The smallest absolute Gasteiger partial charge is 0.190 e. The number of hydrogen-bond donors (Lipinski definition) is 1. The molecule has 1 rings (SSSR count). The predicted molar refractivity (Wildman–Crippen MR) is 47.4 cm³/mol. The topological polar surface area (TPSA) is 63.6 Å². The van der Waals surface area contributed by atoms with Crippen molar-refractivity contribution in [2.75, 3.05) is 7.11 Å². The Morgan fingerprint density at radius 2 is 2.23 bits per heavy atom. The van der Waals surface area contributed by atoms with Gasteiger partial charge in [-0.05, 0) is 18.2 Å². The molecular weight excluding hydrogens is 192 g/mol. The van der Waals surface area contributed by atoms with Crippen LogP contribution in [0.4, 0.5) is 0 Å². The van der Waals surface area contributed by atoms with Gasteiger partial charge >= 0.3 is 0 Å². The third-order valence-electron chi connectivity index (χ3n) is 1.51. The van der Waals surface area contributed by atoms with Crippen LogP contribution in [0.5, 0.6) is 5.75 Å². The van der Waals surface area contributed by atoms with E-state index in [4.69, 9.17) is 9.29 Å². The number of carbonyl (C=O) groups is 1. The summed E-state index contributed by atoms with van der Waals surface area (Å²) in [5, 5.41) is 0. The zero-order valence-electron chi connectivity index (χ0n) is 6.89. The molecule has 0 saturated carbocycles. The summed E-state index contributed by atoms with van der Waals surface area (Å²) in [7, 11) is 1.40. The molecule has 0 fully saturated rings. The minimum Gasteiger partial charge on any atom is -0.495 e. The zero-order chi connectivity index (χ0) is 9.84. The van der Waals surface area contributed by atoms with Crippen molar-refractivity contribution in [2.45, 2.75) is 4.90 Å². The van der Waals surface area contributed by atoms with Gasteiger partial charge in [0.25, 0.3) is 0 Å². The number of aldehydes is 1. The van der Waals surface area contributed by atoms with E-state index in [2.05, 4.69) is 0 Å². The molecule has 1 N–H and O–H groups in total. The van der Waals surface area contributed by atoms with E-state index >= 15 is 0 Å². The Morgan fingerprint density at radius 3 is 2.69 bits per heavy atom. The van der Waals surface area contributed by atoms with Crippen molar-refractivity contribution in [3.05, 3.63) is 23.8 Å². The Balaban J connectivity index is 3.25. The van der Waals surface area contributed by atoms with Crippen LogP contribution in [0.15, 0.2) is 23.1 Å². The normalized spacial score (nSPS) is 12.2. The second-order valence-corrected chi connectivity index (χ2v) is 3.22. The van der Waals surface area contributed by atoms with Crippen LogP contribution in [0, 0.1) is 0 Å². The minimum atomic E-state index is -2.14. The lowest BCUT2D eigenvalue weighted by atomic mass is 10.2. The fraction of sp³-hybridized carbons (Fsp3) is 0.125. The van der Waals surface area contributed by atoms with Gasteiger partial charge in [-0.25, -0.2) is 4.21 Å². The van der Waals surface area contributed by atoms with Gasteiger partial charge in [0.15, 0.2) is 11.1 Å². The van der Waals surface area contributed by atoms with Crippen LogP contribution >= 0.6 is 0 Å². The Labute approximate surface area is 77.8 Å². The van der Waals surface area contributed by atoms with Gasteiger partial charge < -0.3 is 9.29 Å². The third-order valence-corrected chi connectivity index (χ3v) is 2.21. The average Bonchev–Trinajstić information content (AvgIpc) is 2.16. The molecule has 4 nitrogen and oxygen atoms in total. The molecule has 0 radical (unpaired) electrons. The van der Waals surface area contributed by atoms with Gasteiger partial charge in [-0.3, -0.25) is 4.79 Å². The van der Waals surface area contributed by atoms with Crippen LogP contribution in [0.2, 0.25) is 0 Å². The van der Waals surface area contributed by atoms with E-state index < -0.39 is 11.1 Å². The van der Waals surface area contributed by atoms with E-state index in [1.165, 1.54) is 25.3 Å². The molecule has 0 bridgehead atoms. The van der Waals surface area contributed by atoms with E-state index in [1.807, 2.05) is 0 Å². The Hall–Kier alpha value is -1.20. The Morgan fingerprint density at radius 1 is 1.54 bits per heavy atom. The average molecular weight is 200 g/mol. The maximum atomic E-state index is 10.8. The second-order valence-electron chi connectivity index (χ2n) is 2.28. The number of carbonyl (C=O) groups excluding carboxylic acids is 1. The molecule has 1 aromatic carbocycles. The summed E-state index contributed by atoms with van der Waals surface area (Å²) in [5.41, 5.74) is 0.346. The first kappa shape index (κ1) is 9.88. The highest BCUT2D eigenvalue weighted by molar-refractivity contribution is 7.79. The fourth-order valence-corrected chi connectivity index (χ4v) is 1.46. The van der Waals surface area contributed by atoms with E-state index in [1.54, 1.807) is 0 Å². The molecule has 0 aliphatic rings. The molecule has 0 heterocycles. The first-order chi connectivity index (χ1) is 6.19. The number of hydrogen-bond acceptors (Lipinski definition) is 3. The SMILES string of the molecule is COc1ccc(C=O)cc1S(=O)O. The van der Waals surface area contributed by atoms with Crippen LogP contribution in [-0.4, -0.2) is 22.2 Å². The molecule has 0 aliphatic carbocycles. The summed E-state index contributed by atoms with van der Waals surface area (Å²) in [6.07, 6.45) is 0.607. The fourth-order valence-electron chi connectivity index (χ4n) is 0.903. The first-order valence-corrected chi connectivity index (χ1v) is 4.53. The maximum absolute atomic E-state index is 10.8. The van der Waals surface area contributed by atoms with Gasteiger partial charge in [0.05, 0.1) is 7.11 Å². The lowest BCUT2D eigenvalue weighted by Crippen LogP contribution is -1.95. The summed E-state index contributed by atoms with van der Waals surface area (Å²) in [4.78, 5) is 10.5. The largest absolute Gasteiger partial charge is 0.495 e. The number of benzene rings is 1. The van der Waals surface area contributed by atoms with Gasteiger partial charge in [-0.1, -0.05) is 0 Å². The van der Waals surface area contributed by atoms with Crippen LogP contribution < -0.4 is 4.74 Å². The molecule has 0 aromatic heterocycles. The quantitative estimate of drug-likeness (QED) is 0.586. The van der Waals surface area contributed by atoms with Crippen LogP contribution in [-0.2, 0) is 11.1 Å². The van der Waals surface area contributed by atoms with Crippen LogP contribution in [0.1, 0.15) is 10.4 Å². The zero-order valence-corrected chi connectivity index (χ0v) is 7.71. The molecule has 0 spiro atoms. The van der Waals surface area contributed by atoms with Crippen LogP contribution in [0.3, 0.4) is 0 Å². The van der Waals surface area contributed by atoms with Gasteiger partial charge in [0, 0.05) is 5.56 Å². The molecule has 0 amide bonds. The van der Waals surface area contributed by atoms with Gasteiger partial charge in [-0.15, -0.1) is 0 Å². The molecule has 5 heteroatoms. The summed E-state index contributed by atoms with van der Waals surface area (Å²) >= 11 is -2.14. The number of ether oxygens (including phenoxy) is 1. The van der Waals surface area contributed by atoms with Crippen molar-refractivity contribution in [1.82, 2.24) is 0 Å². The molecule has 70 valence electrons. The van der Waals surface area contributed by atoms with E-state index in [-0.39, 0.29) is 4.90 Å². The number of methoxy groups -OCH3 is 1. The molecule has 1 aromatic rings. The lowest BCUT2D eigenvalue weighted by molar-refractivity contribution is 0.112. The highest BCUT2D eigenvalue weighted by Crippen LogP contribution is 2.21. The third kappa shape index (κ3) is 2.13. The molecule has 0 saturated heterocycles. The molecule has 1 atom stereocenters. The first-order valence-electron chi connectivity index (χ1n) is 3.43. The lowest BCUT2D eigenvalue weighted by Gasteiger charge is -2.04. The molecule has 0 aliphatic heterocycles. The Kier molecular flexibility index (Phi) is 3.16. The monoisotopic (exact) mass is 200 g/mol. The van der Waals surface area contributed by atoms with Gasteiger partial charge in [0.1, 0.15) is 16.9 Å². The minimum absolute atomic E-state index is 0.104. The standard InChI is InChI=1S/C8H8O4S/c1-12-7-3-2-6(5-9)4-8(7)13(10)11/h2-5H,1H3,(H,10,11). The summed E-state index contributed by atoms with van der Waals surface area (Å²) in [5.74, 6) is 0.298. The summed E-state index contributed by atoms with van der Waals surface area (Å²) < 4.78 is 24.4. The van der Waals surface area contributed by atoms with E-state index in [0.717, 1.165) is 0 Å². The van der Waals surface area contributed by atoms with Gasteiger partial charge in [0.2, 0.25) is 0 Å². The predicted octanol–water partition coefficient (Wildman–Crippen LogP) is 1.09. The van der Waals surface area contributed by atoms with Crippen molar-refractivity contribution in [3.63, 3.8) is 0 Å². The molecular formula is C8H8O4S. The van der Waals surface area contributed by atoms with E-state index in [0.29, 0.717) is 17.6 Å². The maximum Gasteiger partial charge on any atom is 0.190 e. The number of rotatable bonds is 3. The van der Waals surface area contributed by atoms with Crippen LogP contribution in [0.25, 0.3) is 0 Å². The van der Waals surface area contributed by atoms with Crippen molar-refractivity contribution >= 4 is 17.4 Å². The molecule has 1 unspecified atom stereocenters. The van der Waals surface area contributed by atoms with E-state index in [9.17, 15) is 9.00 Å².